The van der Waals surface area contributed by atoms with Crippen LogP contribution in [-0.4, -0.2) is 19.5 Å². The predicted octanol–water partition coefficient (Wildman–Crippen LogP) is 1.39. The molecule has 0 saturated carbocycles. The molecule has 0 unspecified atom stereocenters. The lowest BCUT2D eigenvalue weighted by atomic mass is 10.2. The minimum atomic E-state index is -4.33. The van der Waals surface area contributed by atoms with E-state index < -0.39 is 10.1 Å². The van der Waals surface area contributed by atoms with Crippen LogP contribution in [0.25, 0.3) is 0 Å². The summed E-state index contributed by atoms with van der Waals surface area (Å²) in [5.74, 6) is 5.80. The van der Waals surface area contributed by atoms with E-state index in [1.54, 1.807) is 6.07 Å². The number of rotatable bonds is 6. The number of hydrogen-bond acceptors (Lipinski definition) is 5. The molecule has 0 aliphatic rings. The molecule has 7 heteroatoms. The summed E-state index contributed by atoms with van der Waals surface area (Å²) in [6.07, 6.45) is 2.90. The summed E-state index contributed by atoms with van der Waals surface area (Å²) in [4.78, 5) is -0.263. The average Bonchev–Trinajstić information content (AvgIpc) is 2.28. The minimum absolute atomic E-state index is 0.253. The highest BCUT2D eigenvalue weighted by atomic mass is 32.2. The van der Waals surface area contributed by atoms with Crippen LogP contribution in [-0.2, 0) is 10.1 Å². The molecule has 1 aromatic rings. The highest BCUT2D eigenvalue weighted by Crippen LogP contribution is 2.26. The minimum Gasteiger partial charge on any atom is -0.399 e. The first-order valence-corrected chi connectivity index (χ1v) is 7.19. The van der Waals surface area contributed by atoms with Gasteiger partial charge in [-0.25, -0.2) is 5.84 Å². The van der Waals surface area contributed by atoms with Gasteiger partial charge in [-0.1, -0.05) is 19.8 Å². The number of hydrazine groups is 1. The van der Waals surface area contributed by atoms with Crippen molar-refractivity contribution < 1.29 is 13.0 Å². The van der Waals surface area contributed by atoms with Crippen molar-refractivity contribution >= 4 is 21.5 Å². The molecule has 0 radical (unpaired) electrons. The zero-order valence-corrected chi connectivity index (χ0v) is 11.2. The highest BCUT2D eigenvalue weighted by Gasteiger charge is 2.18. The molecule has 0 fully saturated rings. The van der Waals surface area contributed by atoms with Gasteiger partial charge in [-0.2, -0.15) is 8.42 Å². The van der Waals surface area contributed by atoms with Gasteiger partial charge in [0.15, 0.2) is 0 Å². The van der Waals surface area contributed by atoms with Gasteiger partial charge in [-0.3, -0.25) is 4.55 Å². The molecule has 0 aromatic heterocycles. The second-order valence-electron chi connectivity index (χ2n) is 4.10. The van der Waals surface area contributed by atoms with Gasteiger partial charge >= 0.3 is 0 Å². The maximum atomic E-state index is 11.3. The number of nitrogen functional groups attached to an aromatic ring is 1. The predicted molar refractivity (Wildman–Crippen MR) is 71.7 cm³/mol. The molecule has 0 heterocycles. The third-order valence-corrected chi connectivity index (χ3v) is 3.46. The smallest absolute Gasteiger partial charge is 0.296 e. The van der Waals surface area contributed by atoms with Crippen molar-refractivity contribution in [2.45, 2.75) is 31.1 Å². The van der Waals surface area contributed by atoms with Crippen LogP contribution in [0.5, 0.6) is 0 Å². The van der Waals surface area contributed by atoms with Crippen LogP contribution >= 0.6 is 0 Å². The number of nitrogens with zero attached hydrogens (tertiary/aromatic N) is 1. The van der Waals surface area contributed by atoms with Gasteiger partial charge in [-0.05, 0) is 24.6 Å². The molecule has 1 rings (SSSR count). The lowest BCUT2D eigenvalue weighted by Crippen LogP contribution is -2.33. The summed E-state index contributed by atoms with van der Waals surface area (Å²) >= 11 is 0. The summed E-state index contributed by atoms with van der Waals surface area (Å²) in [5, 5.41) is 1.32. The number of unbranched alkanes of at least 4 members (excludes halogenated alkanes) is 2. The molecule has 18 heavy (non-hydrogen) atoms. The maximum Gasteiger partial charge on any atom is 0.296 e. The highest BCUT2D eigenvalue weighted by molar-refractivity contribution is 7.86. The molecule has 1 aromatic carbocycles. The molecule has 0 spiro atoms. The SMILES string of the molecule is CCCCCN(N)c1ccc(N)cc1S(=O)(=O)O. The molecule has 0 aliphatic heterocycles. The Hall–Kier alpha value is -1.31. The lowest BCUT2D eigenvalue weighted by Gasteiger charge is -2.21. The lowest BCUT2D eigenvalue weighted by molar-refractivity contribution is 0.483. The second kappa shape index (κ2) is 6.03. The Kier molecular flexibility index (Phi) is 4.94. The van der Waals surface area contributed by atoms with Crippen molar-refractivity contribution in [3.8, 4) is 0 Å². The molecular weight excluding hydrogens is 254 g/mol. The van der Waals surface area contributed by atoms with Gasteiger partial charge in [0.1, 0.15) is 4.90 Å². The molecule has 0 amide bonds. The van der Waals surface area contributed by atoms with Gasteiger partial charge < -0.3 is 10.7 Å². The van der Waals surface area contributed by atoms with Crippen LogP contribution in [0, 0.1) is 0 Å². The van der Waals surface area contributed by atoms with E-state index in [1.807, 2.05) is 0 Å². The quantitative estimate of drug-likeness (QED) is 0.237. The molecule has 0 aliphatic carbocycles. The molecule has 5 N–H and O–H groups in total. The third-order valence-electron chi connectivity index (χ3n) is 2.57. The Balaban J connectivity index is 3.01. The van der Waals surface area contributed by atoms with E-state index in [0.29, 0.717) is 6.54 Å². The van der Waals surface area contributed by atoms with Crippen LogP contribution in [0.2, 0.25) is 0 Å². The molecule has 6 nitrogen and oxygen atoms in total. The first kappa shape index (κ1) is 14.7. The van der Waals surface area contributed by atoms with Crippen LogP contribution in [0.4, 0.5) is 11.4 Å². The summed E-state index contributed by atoms with van der Waals surface area (Å²) < 4.78 is 31.7. The van der Waals surface area contributed by atoms with Crippen LogP contribution < -0.4 is 16.6 Å². The van der Waals surface area contributed by atoms with Crippen molar-refractivity contribution in [1.82, 2.24) is 0 Å². The number of hydrogen-bond donors (Lipinski definition) is 3. The fraction of sp³-hybridized carbons (Fsp3) is 0.455. The standard InChI is InChI=1S/C11H19N3O3S/c1-2-3-4-7-14(13)10-6-5-9(12)8-11(10)18(15,16)17/h5-6,8H,2-4,7,12-13H2,1H3,(H,15,16,17). The molecular formula is C11H19N3O3S. The van der Waals surface area contributed by atoms with E-state index in [2.05, 4.69) is 6.92 Å². The van der Waals surface area contributed by atoms with Crippen molar-refractivity contribution in [1.29, 1.82) is 0 Å². The fourth-order valence-electron chi connectivity index (χ4n) is 1.63. The van der Waals surface area contributed by atoms with Crippen LogP contribution in [0.3, 0.4) is 0 Å². The first-order chi connectivity index (χ1) is 8.36. The monoisotopic (exact) mass is 273 g/mol. The largest absolute Gasteiger partial charge is 0.399 e. The first-order valence-electron chi connectivity index (χ1n) is 5.75. The Morgan fingerprint density at radius 3 is 2.56 bits per heavy atom. The van der Waals surface area contributed by atoms with E-state index in [9.17, 15) is 8.42 Å². The fourth-order valence-corrected chi connectivity index (χ4v) is 2.36. The van der Waals surface area contributed by atoms with Crippen molar-refractivity contribution in [2.75, 3.05) is 17.3 Å². The van der Waals surface area contributed by atoms with Crippen molar-refractivity contribution in [3.05, 3.63) is 18.2 Å². The molecule has 0 atom stereocenters. The van der Waals surface area contributed by atoms with Crippen molar-refractivity contribution in [3.63, 3.8) is 0 Å². The van der Waals surface area contributed by atoms with Gasteiger partial charge in [0.25, 0.3) is 10.1 Å². The molecule has 102 valence electrons. The van der Waals surface area contributed by atoms with Crippen LogP contribution in [0.15, 0.2) is 23.1 Å². The average molecular weight is 273 g/mol. The van der Waals surface area contributed by atoms with E-state index >= 15 is 0 Å². The van der Waals surface area contributed by atoms with E-state index in [4.69, 9.17) is 16.1 Å². The third kappa shape index (κ3) is 3.86. The van der Waals surface area contributed by atoms with Crippen LogP contribution in [0.1, 0.15) is 26.2 Å². The molecule has 0 saturated heterocycles. The normalized spacial score (nSPS) is 11.5. The summed E-state index contributed by atoms with van der Waals surface area (Å²) in [7, 11) is -4.33. The zero-order valence-electron chi connectivity index (χ0n) is 10.3. The summed E-state index contributed by atoms with van der Waals surface area (Å²) in [6, 6.07) is 4.23. The summed E-state index contributed by atoms with van der Waals surface area (Å²) in [5.41, 5.74) is 6.02. The van der Waals surface area contributed by atoms with Gasteiger partial charge in [0.05, 0.1) is 5.69 Å². The van der Waals surface area contributed by atoms with Gasteiger partial charge in [0, 0.05) is 12.2 Å². The second-order valence-corrected chi connectivity index (χ2v) is 5.49. The van der Waals surface area contributed by atoms with Gasteiger partial charge in [-0.15, -0.1) is 0 Å². The number of benzene rings is 1. The van der Waals surface area contributed by atoms with E-state index in [-0.39, 0.29) is 16.3 Å². The van der Waals surface area contributed by atoms with E-state index in [1.165, 1.54) is 17.1 Å². The number of anilines is 2. The Bertz CT molecular complexity index is 502. The maximum absolute atomic E-state index is 11.3. The Morgan fingerprint density at radius 1 is 1.33 bits per heavy atom. The Labute approximate surface area is 107 Å². The van der Waals surface area contributed by atoms with E-state index in [0.717, 1.165) is 19.3 Å². The zero-order chi connectivity index (χ0) is 13.8. The summed E-state index contributed by atoms with van der Waals surface area (Å²) in [6.45, 7) is 2.58. The molecule has 0 bridgehead atoms. The topological polar surface area (TPSA) is 110 Å². The Morgan fingerprint density at radius 2 is 2.00 bits per heavy atom. The van der Waals surface area contributed by atoms with Gasteiger partial charge in [0.2, 0.25) is 0 Å². The number of nitrogens with two attached hydrogens (primary N) is 2. The van der Waals surface area contributed by atoms with Crippen molar-refractivity contribution in [2.24, 2.45) is 5.84 Å².